The number of unbranched alkanes of at least 4 members (excludes halogenated alkanes) is 11. The van der Waals surface area contributed by atoms with E-state index in [4.69, 9.17) is 23.3 Å². The van der Waals surface area contributed by atoms with E-state index in [1.54, 1.807) is 0 Å². The van der Waals surface area contributed by atoms with E-state index in [9.17, 15) is 28.9 Å². The van der Waals surface area contributed by atoms with Crippen LogP contribution in [0.5, 0.6) is 0 Å². The van der Waals surface area contributed by atoms with E-state index in [2.05, 4.69) is 142 Å². The molecule has 2 N–H and O–H groups in total. The molecule has 0 saturated carbocycles. The molecule has 12 heteroatoms. The van der Waals surface area contributed by atoms with Gasteiger partial charge in [-0.15, -0.1) is 0 Å². The van der Waals surface area contributed by atoms with Crippen LogP contribution in [0.25, 0.3) is 0 Å². The maximum Gasteiger partial charge on any atom is 0.472 e. The molecule has 0 amide bonds. The highest BCUT2D eigenvalue weighted by Crippen LogP contribution is 2.43. The first-order chi connectivity index (χ1) is 36.2. The molecule has 0 aromatic heterocycles. The van der Waals surface area contributed by atoms with Crippen LogP contribution in [0.15, 0.2) is 134 Å². The molecule has 0 bridgehead atoms. The molecule has 0 heterocycles. The maximum atomic E-state index is 12.9. The molecular formula is C62H99O11P. The summed E-state index contributed by atoms with van der Waals surface area (Å²) in [6.45, 7) is 4.22. The van der Waals surface area contributed by atoms with Crippen molar-refractivity contribution < 1.29 is 52.2 Å². The van der Waals surface area contributed by atoms with Crippen molar-refractivity contribution in [1.82, 2.24) is 0 Å². The Morgan fingerprint density at radius 2 is 0.730 bits per heavy atom. The van der Waals surface area contributed by atoms with Crippen LogP contribution in [0.1, 0.15) is 201 Å². The molecule has 0 aromatic carbocycles. The van der Waals surface area contributed by atoms with Crippen molar-refractivity contribution in [3.05, 3.63) is 134 Å². The van der Waals surface area contributed by atoms with E-state index in [-0.39, 0.29) is 25.9 Å². The lowest BCUT2D eigenvalue weighted by Gasteiger charge is -2.21. The third kappa shape index (κ3) is 52.5. The van der Waals surface area contributed by atoms with Gasteiger partial charge in [0.2, 0.25) is 0 Å². The summed E-state index contributed by atoms with van der Waals surface area (Å²) >= 11 is 0. The average Bonchev–Trinajstić information content (AvgIpc) is 3.39. The number of hydrogen-bond acceptors (Lipinski definition) is 10. The van der Waals surface area contributed by atoms with Crippen LogP contribution in [-0.2, 0) is 42.2 Å². The molecular weight excluding hydrogens is 952 g/mol. The number of aliphatic hydroxyl groups is 1. The second kappa shape index (κ2) is 54.9. The summed E-state index contributed by atoms with van der Waals surface area (Å²) in [5.41, 5.74) is 0. The molecule has 3 atom stereocenters. The fraction of sp³-hybridized carbons (Fsp3) is 0.597. The fourth-order valence-corrected chi connectivity index (χ4v) is 7.61. The predicted octanol–water partition coefficient (Wildman–Crippen LogP) is 16.6. The number of phosphoric ester groups is 1. The standard InChI is InChI=1S/C62H99O11P/c1-4-7-10-13-16-19-22-24-26-28-29-31-33-35-38-41-44-47-50-53-62(66)73-59(55-69-60(64)51-48-45-42-39-37-34-32-30-27-25-23-20-17-14-11-8-5-2)57-71-74(67,68)70-56-58(54-63)72-61(65)52-49-46-43-40-36-21-18-15-12-9-6-3/h7-8,10-11,15-20,24-27,29,31-32,34-35,38,44,47,58-59,63H,4-6,9,12-14,21-23,28,30,33,36-37,39-43,45-46,48-57H2,1-3H3,(H,67,68)/b10-7-,11-8-,18-15-,19-16-,20-17-,26-24-,27-25-,31-29-,34-32-,38-35-,47-44-. The third-order valence-corrected chi connectivity index (χ3v) is 12.0. The lowest BCUT2D eigenvalue weighted by molar-refractivity contribution is -0.161. The molecule has 11 nitrogen and oxygen atoms in total. The van der Waals surface area contributed by atoms with E-state index < -0.39 is 57.8 Å². The minimum atomic E-state index is -4.78. The smallest absolute Gasteiger partial charge is 0.462 e. The van der Waals surface area contributed by atoms with Crippen molar-refractivity contribution in [2.75, 3.05) is 26.4 Å². The van der Waals surface area contributed by atoms with Crippen LogP contribution in [-0.4, -0.2) is 66.5 Å². The largest absolute Gasteiger partial charge is 0.472 e. The monoisotopic (exact) mass is 1050 g/mol. The van der Waals surface area contributed by atoms with Crippen molar-refractivity contribution in [3.8, 4) is 0 Å². The van der Waals surface area contributed by atoms with Crippen molar-refractivity contribution in [1.29, 1.82) is 0 Å². The van der Waals surface area contributed by atoms with Crippen molar-refractivity contribution in [2.24, 2.45) is 0 Å². The summed E-state index contributed by atoms with van der Waals surface area (Å²) in [7, 11) is -4.78. The molecule has 3 unspecified atom stereocenters. The lowest BCUT2D eigenvalue weighted by atomic mass is 10.1. The quantitative estimate of drug-likeness (QED) is 0.0197. The number of aliphatic hydroxyl groups excluding tert-OH is 1. The van der Waals surface area contributed by atoms with Crippen LogP contribution in [0.3, 0.4) is 0 Å². The van der Waals surface area contributed by atoms with Crippen molar-refractivity contribution in [3.63, 3.8) is 0 Å². The fourth-order valence-electron chi connectivity index (χ4n) is 6.82. The molecule has 0 fully saturated rings. The summed E-state index contributed by atoms with van der Waals surface area (Å²) in [5.74, 6) is -1.62. The van der Waals surface area contributed by atoms with Gasteiger partial charge in [0.05, 0.1) is 19.8 Å². The summed E-state index contributed by atoms with van der Waals surface area (Å²) in [6, 6.07) is 0. The summed E-state index contributed by atoms with van der Waals surface area (Å²) < 4.78 is 39.3. The highest BCUT2D eigenvalue weighted by atomic mass is 31.2. The highest BCUT2D eigenvalue weighted by molar-refractivity contribution is 7.47. The van der Waals surface area contributed by atoms with Gasteiger partial charge in [-0.25, -0.2) is 4.57 Å². The Morgan fingerprint density at radius 1 is 0.392 bits per heavy atom. The van der Waals surface area contributed by atoms with Crippen molar-refractivity contribution in [2.45, 2.75) is 213 Å². The summed E-state index contributed by atoms with van der Waals surface area (Å²) in [4.78, 5) is 48.4. The number of carbonyl (C=O) groups is 3. The van der Waals surface area contributed by atoms with E-state index in [1.807, 2.05) is 12.2 Å². The molecule has 0 radical (unpaired) electrons. The van der Waals surface area contributed by atoms with Gasteiger partial charge in [-0.3, -0.25) is 23.4 Å². The highest BCUT2D eigenvalue weighted by Gasteiger charge is 2.28. The Morgan fingerprint density at radius 3 is 1.18 bits per heavy atom. The lowest BCUT2D eigenvalue weighted by Crippen LogP contribution is -2.30. The van der Waals surface area contributed by atoms with Gasteiger partial charge in [-0.1, -0.05) is 199 Å². The number of allylic oxidation sites excluding steroid dienone is 22. The number of phosphoric acid groups is 1. The molecule has 418 valence electrons. The normalized spacial score (nSPS) is 14.4. The Kier molecular flexibility index (Phi) is 51.6. The van der Waals surface area contributed by atoms with Gasteiger partial charge in [-0.05, 0) is 116 Å². The van der Waals surface area contributed by atoms with Gasteiger partial charge in [0.1, 0.15) is 12.7 Å². The Balaban J connectivity index is 4.92. The number of esters is 3. The number of carbonyl (C=O) groups excluding carboxylic acids is 3. The molecule has 0 aliphatic heterocycles. The van der Waals surface area contributed by atoms with Gasteiger partial charge in [0.25, 0.3) is 0 Å². The summed E-state index contributed by atoms with van der Waals surface area (Å²) in [6.07, 6.45) is 68.6. The summed E-state index contributed by atoms with van der Waals surface area (Å²) in [5, 5.41) is 9.79. The van der Waals surface area contributed by atoms with Crippen LogP contribution < -0.4 is 0 Å². The SMILES string of the molecule is CC/C=C\C/C=C\C/C=C\C/C=C\C/C=C\C/C=C\CCC(=O)OC(COC(=O)CCCCCC/C=C\C/C=C\C/C=C\C/C=C\CC)COP(=O)(O)OCC(CO)OC(=O)CCCCCCC/C=C\CCCC. The first-order valence-electron chi connectivity index (χ1n) is 28.1. The molecule has 0 saturated heterocycles. The minimum Gasteiger partial charge on any atom is -0.462 e. The van der Waals surface area contributed by atoms with Gasteiger partial charge in [0, 0.05) is 19.3 Å². The van der Waals surface area contributed by atoms with E-state index in [0.717, 1.165) is 122 Å². The molecule has 0 rings (SSSR count). The topological polar surface area (TPSA) is 155 Å². The van der Waals surface area contributed by atoms with E-state index in [0.29, 0.717) is 25.7 Å². The van der Waals surface area contributed by atoms with E-state index >= 15 is 0 Å². The molecule has 0 spiro atoms. The maximum absolute atomic E-state index is 12.9. The molecule has 0 aliphatic carbocycles. The zero-order valence-electron chi connectivity index (χ0n) is 46.0. The molecule has 0 aliphatic rings. The second-order valence-corrected chi connectivity index (χ2v) is 19.4. The zero-order valence-corrected chi connectivity index (χ0v) is 46.9. The first kappa shape index (κ1) is 69.6. The molecule has 74 heavy (non-hydrogen) atoms. The third-order valence-electron chi connectivity index (χ3n) is 11.1. The zero-order chi connectivity index (χ0) is 54.1. The number of ether oxygens (including phenoxy) is 3. The second-order valence-electron chi connectivity index (χ2n) is 18.0. The Bertz CT molecular complexity index is 1750. The van der Waals surface area contributed by atoms with Crippen molar-refractivity contribution >= 4 is 25.7 Å². The van der Waals surface area contributed by atoms with Crippen LogP contribution in [0.4, 0.5) is 0 Å². The van der Waals surface area contributed by atoms with Gasteiger partial charge < -0.3 is 24.2 Å². The number of hydrogen-bond donors (Lipinski definition) is 2. The Labute approximate surface area is 449 Å². The minimum absolute atomic E-state index is 0.0289. The van der Waals surface area contributed by atoms with Crippen LogP contribution in [0.2, 0.25) is 0 Å². The molecule has 0 aromatic rings. The van der Waals surface area contributed by atoms with Gasteiger partial charge in [0.15, 0.2) is 6.10 Å². The predicted molar refractivity (Wildman–Crippen MR) is 306 cm³/mol. The van der Waals surface area contributed by atoms with Crippen LogP contribution in [0, 0.1) is 0 Å². The number of rotatable bonds is 50. The van der Waals surface area contributed by atoms with E-state index in [1.165, 1.54) is 12.8 Å². The van der Waals surface area contributed by atoms with Crippen LogP contribution >= 0.6 is 7.82 Å². The average molecular weight is 1050 g/mol. The Hall–Kier alpha value is -4.38. The van der Waals surface area contributed by atoms with Gasteiger partial charge in [-0.2, -0.15) is 0 Å². The first-order valence-corrected chi connectivity index (χ1v) is 29.6. The van der Waals surface area contributed by atoms with Gasteiger partial charge >= 0.3 is 25.7 Å².